The molecular weight excluding hydrogens is 311 g/mol. The van der Waals surface area contributed by atoms with Crippen LogP contribution >= 0.6 is 23.2 Å². The summed E-state index contributed by atoms with van der Waals surface area (Å²) in [6.07, 6.45) is 1.24. The van der Waals surface area contributed by atoms with Crippen molar-refractivity contribution in [1.29, 1.82) is 0 Å². The van der Waals surface area contributed by atoms with Crippen molar-refractivity contribution in [2.24, 2.45) is 0 Å². The minimum atomic E-state index is -4.67. The Morgan fingerprint density at radius 3 is 2.21 bits per heavy atom. The zero-order valence-corrected chi connectivity index (χ0v) is 10.5. The number of halogens is 6. The van der Waals surface area contributed by atoms with Crippen molar-refractivity contribution in [3.8, 4) is 0 Å². The van der Waals surface area contributed by atoms with Gasteiger partial charge in [0, 0.05) is 5.56 Å². The molecule has 0 saturated carbocycles. The Kier molecular flexibility index (Phi) is 3.19. The van der Waals surface area contributed by atoms with Crippen LogP contribution in [0.3, 0.4) is 0 Å². The topological polar surface area (TPSA) is 48.9 Å². The lowest BCUT2D eigenvalue weighted by Crippen LogP contribution is -2.52. The maximum atomic E-state index is 13.2. The summed E-state index contributed by atoms with van der Waals surface area (Å²) in [7, 11) is 0. The standard InChI is InChI=1S/C10H6Cl2F4N2O/c11-9(13,14)8(19,10(12,15)16)5-1-2-6-7(3-5)18-4-17-6/h1-4,19H,(H,17,18). The van der Waals surface area contributed by atoms with Crippen LogP contribution in [-0.2, 0) is 5.60 Å². The second-order valence-electron chi connectivity index (χ2n) is 3.84. The van der Waals surface area contributed by atoms with Gasteiger partial charge in [-0.2, -0.15) is 17.6 Å². The van der Waals surface area contributed by atoms with Gasteiger partial charge >= 0.3 is 10.8 Å². The number of fused-ring (bicyclic) bond motifs is 1. The summed E-state index contributed by atoms with van der Waals surface area (Å²) in [5, 5.41) is 0.305. The van der Waals surface area contributed by atoms with Crippen molar-refractivity contribution in [3.63, 3.8) is 0 Å². The van der Waals surface area contributed by atoms with Gasteiger partial charge in [0.2, 0.25) is 5.60 Å². The van der Waals surface area contributed by atoms with Crippen molar-refractivity contribution >= 4 is 34.2 Å². The Hall–Kier alpha value is -1.05. The molecule has 1 heterocycles. The predicted molar refractivity (Wildman–Crippen MR) is 61.6 cm³/mol. The number of rotatable bonds is 3. The number of benzene rings is 1. The second kappa shape index (κ2) is 4.22. The van der Waals surface area contributed by atoms with E-state index in [0.717, 1.165) is 12.1 Å². The van der Waals surface area contributed by atoms with E-state index in [9.17, 15) is 22.7 Å². The summed E-state index contributed by atoms with van der Waals surface area (Å²) < 4.78 is 52.8. The minimum Gasteiger partial charge on any atom is -0.372 e. The van der Waals surface area contributed by atoms with E-state index in [1.165, 1.54) is 12.4 Å². The molecule has 2 aromatic rings. The molecule has 19 heavy (non-hydrogen) atoms. The molecule has 2 rings (SSSR count). The molecule has 0 aliphatic rings. The molecule has 0 radical (unpaired) electrons. The Bertz CT molecular complexity index is 591. The molecule has 1 aromatic heterocycles. The number of nitrogens with one attached hydrogen (secondary N) is 1. The summed E-state index contributed by atoms with van der Waals surface area (Å²) in [6.45, 7) is 0. The summed E-state index contributed by atoms with van der Waals surface area (Å²) in [5.41, 5.74) is -4.36. The number of H-pyrrole nitrogens is 1. The first kappa shape index (κ1) is 14.4. The molecule has 0 atom stereocenters. The highest BCUT2D eigenvalue weighted by Gasteiger charge is 2.68. The zero-order valence-electron chi connectivity index (χ0n) is 8.97. The van der Waals surface area contributed by atoms with Crippen LogP contribution in [0.15, 0.2) is 24.5 Å². The van der Waals surface area contributed by atoms with E-state index in [1.54, 1.807) is 0 Å². The highest BCUT2D eigenvalue weighted by Crippen LogP contribution is 2.52. The van der Waals surface area contributed by atoms with Crippen LogP contribution in [-0.4, -0.2) is 25.8 Å². The highest BCUT2D eigenvalue weighted by atomic mass is 35.5. The van der Waals surface area contributed by atoms with E-state index in [0.29, 0.717) is 5.52 Å². The minimum absolute atomic E-state index is 0.178. The first-order chi connectivity index (χ1) is 8.57. The predicted octanol–water partition coefficient (Wildman–Crippen LogP) is 3.41. The molecule has 0 aliphatic carbocycles. The monoisotopic (exact) mass is 316 g/mol. The Morgan fingerprint density at radius 1 is 1.11 bits per heavy atom. The van der Waals surface area contributed by atoms with E-state index in [1.807, 2.05) is 0 Å². The molecule has 0 amide bonds. The van der Waals surface area contributed by atoms with Crippen LogP contribution in [0.2, 0.25) is 0 Å². The number of aromatic amines is 1. The van der Waals surface area contributed by atoms with Crippen LogP contribution in [0.4, 0.5) is 17.6 Å². The molecule has 1 aromatic carbocycles. The molecule has 104 valence electrons. The Balaban J connectivity index is 2.68. The number of aliphatic hydroxyl groups is 1. The normalized spacial score (nSPS) is 14.1. The molecule has 0 bridgehead atoms. The van der Waals surface area contributed by atoms with E-state index in [2.05, 4.69) is 33.2 Å². The van der Waals surface area contributed by atoms with Gasteiger partial charge in [0.25, 0.3) is 0 Å². The average molecular weight is 317 g/mol. The van der Waals surface area contributed by atoms with Crippen molar-refractivity contribution in [3.05, 3.63) is 30.1 Å². The van der Waals surface area contributed by atoms with Crippen molar-refractivity contribution in [2.75, 3.05) is 0 Å². The van der Waals surface area contributed by atoms with Crippen LogP contribution in [0.1, 0.15) is 5.56 Å². The van der Waals surface area contributed by atoms with Gasteiger partial charge in [-0.1, -0.05) is 6.07 Å². The maximum absolute atomic E-state index is 13.2. The van der Waals surface area contributed by atoms with E-state index >= 15 is 0 Å². The van der Waals surface area contributed by atoms with Gasteiger partial charge in [-0.15, -0.1) is 0 Å². The number of nitrogens with zero attached hydrogens (tertiary/aromatic N) is 1. The fraction of sp³-hybridized carbons (Fsp3) is 0.300. The number of hydrogen-bond donors (Lipinski definition) is 2. The number of alkyl halides is 6. The van der Waals surface area contributed by atoms with Gasteiger partial charge in [-0.25, -0.2) is 4.98 Å². The van der Waals surface area contributed by atoms with Crippen molar-refractivity contribution in [2.45, 2.75) is 16.4 Å². The van der Waals surface area contributed by atoms with Gasteiger partial charge in [0.1, 0.15) is 0 Å². The van der Waals surface area contributed by atoms with Crippen LogP contribution < -0.4 is 0 Å². The first-order valence-electron chi connectivity index (χ1n) is 4.87. The van der Waals surface area contributed by atoms with E-state index in [-0.39, 0.29) is 5.52 Å². The summed E-state index contributed by atoms with van der Waals surface area (Å²) in [6, 6.07) is 2.92. The quantitative estimate of drug-likeness (QED) is 0.673. The molecule has 2 N–H and O–H groups in total. The SMILES string of the molecule is OC(c1ccc2nc[nH]c2c1)(C(F)(F)Cl)C(F)(F)Cl. The molecule has 0 saturated heterocycles. The molecule has 3 nitrogen and oxygen atoms in total. The van der Waals surface area contributed by atoms with E-state index in [4.69, 9.17) is 0 Å². The van der Waals surface area contributed by atoms with Gasteiger partial charge in [0.05, 0.1) is 17.4 Å². The third kappa shape index (κ3) is 2.15. The van der Waals surface area contributed by atoms with Gasteiger partial charge in [0.15, 0.2) is 0 Å². The Labute approximate surface area is 114 Å². The lowest BCUT2D eigenvalue weighted by atomic mass is 9.93. The summed E-state index contributed by atoms with van der Waals surface area (Å²) in [4.78, 5) is 6.32. The number of hydrogen-bond acceptors (Lipinski definition) is 2. The fourth-order valence-electron chi connectivity index (χ4n) is 1.65. The first-order valence-corrected chi connectivity index (χ1v) is 5.62. The largest absolute Gasteiger partial charge is 0.372 e. The zero-order chi connectivity index (χ0) is 14.5. The van der Waals surface area contributed by atoms with Gasteiger partial charge in [-0.3, -0.25) is 0 Å². The molecule has 0 aliphatic heterocycles. The number of imidazole rings is 1. The van der Waals surface area contributed by atoms with Crippen LogP contribution in [0, 0.1) is 0 Å². The van der Waals surface area contributed by atoms with Crippen LogP contribution in [0.25, 0.3) is 11.0 Å². The number of aromatic nitrogens is 2. The van der Waals surface area contributed by atoms with E-state index < -0.39 is 21.9 Å². The van der Waals surface area contributed by atoms with Crippen LogP contribution in [0.5, 0.6) is 0 Å². The summed E-state index contributed by atoms with van der Waals surface area (Å²) in [5.74, 6) is 0. The summed E-state index contributed by atoms with van der Waals surface area (Å²) >= 11 is 9.22. The van der Waals surface area contributed by atoms with Gasteiger partial charge in [-0.05, 0) is 35.3 Å². The smallest absolute Gasteiger partial charge is 0.361 e. The Morgan fingerprint density at radius 2 is 1.68 bits per heavy atom. The third-order valence-electron chi connectivity index (χ3n) is 2.66. The molecule has 0 spiro atoms. The third-order valence-corrected chi connectivity index (χ3v) is 3.21. The van der Waals surface area contributed by atoms with Gasteiger partial charge < -0.3 is 10.1 Å². The molecule has 9 heteroatoms. The fourth-order valence-corrected chi connectivity index (χ4v) is 2.15. The maximum Gasteiger partial charge on any atom is 0.361 e. The lowest BCUT2D eigenvalue weighted by Gasteiger charge is -2.35. The highest BCUT2D eigenvalue weighted by molar-refractivity contribution is 6.26. The second-order valence-corrected chi connectivity index (χ2v) is 4.79. The van der Waals surface area contributed by atoms with Crippen molar-refractivity contribution in [1.82, 2.24) is 9.97 Å². The molecule has 0 unspecified atom stereocenters. The molecular formula is C10H6Cl2F4N2O. The lowest BCUT2D eigenvalue weighted by molar-refractivity contribution is -0.224. The van der Waals surface area contributed by atoms with Crippen molar-refractivity contribution < 1.29 is 22.7 Å². The molecule has 0 fully saturated rings. The average Bonchev–Trinajstić information content (AvgIpc) is 2.71.